The van der Waals surface area contributed by atoms with Gasteiger partial charge in [-0.05, 0) is 45.7 Å². The summed E-state index contributed by atoms with van der Waals surface area (Å²) in [6.45, 7) is 7.66. The van der Waals surface area contributed by atoms with Gasteiger partial charge in [0.25, 0.3) is 0 Å². The SMILES string of the molecule is CN1C2CCC1CN(CC1CCCC(C)(C)C1=O)CC2. The third kappa shape index (κ3) is 2.67. The molecule has 3 nitrogen and oxygen atoms in total. The Bertz CT molecular complexity index is 379. The quantitative estimate of drug-likeness (QED) is 0.775. The predicted molar refractivity (Wildman–Crippen MR) is 81.8 cm³/mol. The number of likely N-dealkylation sites (tertiary alicyclic amines) is 1. The van der Waals surface area contributed by atoms with Crippen molar-refractivity contribution < 1.29 is 4.79 Å². The van der Waals surface area contributed by atoms with Crippen LogP contribution >= 0.6 is 0 Å². The van der Waals surface area contributed by atoms with Crippen LogP contribution in [-0.4, -0.2) is 54.3 Å². The Labute approximate surface area is 123 Å². The van der Waals surface area contributed by atoms with Crippen molar-refractivity contribution in [1.29, 1.82) is 0 Å². The molecule has 0 amide bonds. The third-order valence-electron chi connectivity index (χ3n) is 6.10. The zero-order chi connectivity index (χ0) is 14.3. The van der Waals surface area contributed by atoms with Gasteiger partial charge in [-0.1, -0.05) is 20.3 Å². The summed E-state index contributed by atoms with van der Waals surface area (Å²) in [6.07, 6.45) is 7.44. The van der Waals surface area contributed by atoms with Crippen molar-refractivity contribution in [3.8, 4) is 0 Å². The molecule has 3 fully saturated rings. The molecule has 0 aromatic rings. The summed E-state index contributed by atoms with van der Waals surface area (Å²) in [7, 11) is 2.29. The Hall–Kier alpha value is -0.410. The van der Waals surface area contributed by atoms with Crippen LogP contribution in [0.2, 0.25) is 0 Å². The fourth-order valence-electron chi connectivity index (χ4n) is 4.63. The van der Waals surface area contributed by atoms with E-state index in [1.165, 1.54) is 38.8 Å². The second-order valence-electron chi connectivity index (χ2n) is 7.94. The van der Waals surface area contributed by atoms with Crippen molar-refractivity contribution in [1.82, 2.24) is 9.80 Å². The number of carbonyl (C=O) groups is 1. The molecule has 3 atom stereocenters. The number of fused-ring (bicyclic) bond motifs is 2. The van der Waals surface area contributed by atoms with Gasteiger partial charge in [-0.3, -0.25) is 9.69 Å². The molecule has 2 heterocycles. The van der Waals surface area contributed by atoms with Gasteiger partial charge in [-0.15, -0.1) is 0 Å². The van der Waals surface area contributed by atoms with E-state index in [0.717, 1.165) is 31.5 Å². The third-order valence-corrected chi connectivity index (χ3v) is 6.10. The van der Waals surface area contributed by atoms with E-state index in [1.54, 1.807) is 0 Å². The van der Waals surface area contributed by atoms with Gasteiger partial charge in [0.1, 0.15) is 5.78 Å². The number of hydrogen-bond donors (Lipinski definition) is 0. The second kappa shape index (κ2) is 5.42. The Morgan fingerprint density at radius 3 is 2.70 bits per heavy atom. The lowest BCUT2D eigenvalue weighted by Crippen LogP contribution is -2.44. The summed E-state index contributed by atoms with van der Waals surface area (Å²) < 4.78 is 0. The minimum absolute atomic E-state index is 0.0788. The molecule has 2 bridgehead atoms. The molecule has 0 N–H and O–H groups in total. The van der Waals surface area contributed by atoms with Crippen molar-refractivity contribution in [2.75, 3.05) is 26.7 Å². The van der Waals surface area contributed by atoms with Crippen molar-refractivity contribution in [3.05, 3.63) is 0 Å². The maximum atomic E-state index is 12.6. The smallest absolute Gasteiger partial charge is 0.142 e. The first kappa shape index (κ1) is 14.5. The lowest BCUT2D eigenvalue weighted by Gasteiger charge is -2.36. The fourth-order valence-corrected chi connectivity index (χ4v) is 4.63. The van der Waals surface area contributed by atoms with Gasteiger partial charge in [0.05, 0.1) is 0 Å². The van der Waals surface area contributed by atoms with Crippen molar-refractivity contribution in [2.24, 2.45) is 11.3 Å². The number of Topliss-reactive ketones (excluding diaryl/α,β-unsaturated/α-hetero) is 1. The monoisotopic (exact) mass is 278 g/mol. The van der Waals surface area contributed by atoms with Gasteiger partial charge in [-0.25, -0.2) is 0 Å². The first-order valence-electron chi connectivity index (χ1n) is 8.46. The van der Waals surface area contributed by atoms with E-state index in [0.29, 0.717) is 11.7 Å². The van der Waals surface area contributed by atoms with Crippen molar-refractivity contribution in [3.63, 3.8) is 0 Å². The summed E-state index contributed by atoms with van der Waals surface area (Å²) in [6, 6.07) is 1.53. The number of ketones is 1. The predicted octanol–water partition coefficient (Wildman–Crippen LogP) is 2.55. The molecule has 20 heavy (non-hydrogen) atoms. The Morgan fingerprint density at radius 2 is 1.90 bits per heavy atom. The average molecular weight is 278 g/mol. The maximum Gasteiger partial charge on any atom is 0.142 e. The van der Waals surface area contributed by atoms with Crippen molar-refractivity contribution in [2.45, 2.75) is 64.5 Å². The zero-order valence-corrected chi connectivity index (χ0v) is 13.4. The molecule has 0 radical (unpaired) electrons. The van der Waals surface area contributed by atoms with Crippen molar-refractivity contribution >= 4 is 5.78 Å². The van der Waals surface area contributed by atoms with E-state index < -0.39 is 0 Å². The molecular weight excluding hydrogens is 248 g/mol. The largest absolute Gasteiger partial charge is 0.301 e. The highest BCUT2D eigenvalue weighted by Crippen LogP contribution is 2.36. The molecule has 0 aromatic heterocycles. The highest BCUT2D eigenvalue weighted by molar-refractivity contribution is 5.87. The molecule has 0 aromatic carbocycles. The van der Waals surface area contributed by atoms with E-state index in [2.05, 4.69) is 30.7 Å². The van der Waals surface area contributed by atoms with Crippen LogP contribution in [0.4, 0.5) is 0 Å². The van der Waals surface area contributed by atoms with Crippen LogP contribution in [0.1, 0.15) is 52.4 Å². The van der Waals surface area contributed by atoms with E-state index in [9.17, 15) is 4.79 Å². The van der Waals surface area contributed by atoms with Gasteiger partial charge in [0.15, 0.2) is 0 Å². The van der Waals surface area contributed by atoms with Gasteiger partial charge in [-0.2, -0.15) is 0 Å². The number of nitrogens with zero attached hydrogens (tertiary/aromatic N) is 2. The molecule has 2 aliphatic heterocycles. The standard InChI is InChI=1S/C17H30N2O/c1-17(2)9-4-5-13(16(17)20)11-19-10-8-14-6-7-15(12-19)18(14)3/h13-15H,4-12H2,1-3H3. The number of carbonyl (C=O) groups excluding carboxylic acids is 1. The zero-order valence-electron chi connectivity index (χ0n) is 13.4. The van der Waals surface area contributed by atoms with Gasteiger partial charge in [0.2, 0.25) is 0 Å². The summed E-state index contributed by atoms with van der Waals surface area (Å²) >= 11 is 0. The number of likely N-dealkylation sites (N-methyl/N-ethyl adjacent to an activating group) is 1. The lowest BCUT2D eigenvalue weighted by molar-refractivity contribution is -0.135. The van der Waals surface area contributed by atoms with Crippen LogP contribution in [0.25, 0.3) is 0 Å². The molecule has 3 unspecified atom stereocenters. The van der Waals surface area contributed by atoms with Gasteiger partial charge >= 0.3 is 0 Å². The minimum atomic E-state index is -0.0788. The summed E-state index contributed by atoms with van der Waals surface area (Å²) in [4.78, 5) is 17.8. The molecule has 3 aliphatic rings. The maximum absolute atomic E-state index is 12.6. The molecule has 1 aliphatic carbocycles. The first-order valence-corrected chi connectivity index (χ1v) is 8.46. The number of hydrogen-bond acceptors (Lipinski definition) is 3. The molecule has 2 saturated heterocycles. The first-order chi connectivity index (χ1) is 9.47. The van der Waals surface area contributed by atoms with E-state index in [-0.39, 0.29) is 5.41 Å². The Kier molecular flexibility index (Phi) is 3.93. The van der Waals surface area contributed by atoms with Gasteiger partial charge in [0, 0.05) is 36.5 Å². The Morgan fingerprint density at radius 1 is 1.15 bits per heavy atom. The highest BCUT2D eigenvalue weighted by Gasteiger charge is 2.40. The average Bonchev–Trinajstić information content (AvgIpc) is 2.63. The van der Waals surface area contributed by atoms with E-state index in [1.807, 2.05) is 0 Å². The normalized spacial score (nSPS) is 39.0. The molecule has 114 valence electrons. The van der Waals surface area contributed by atoms with Crippen LogP contribution in [0.5, 0.6) is 0 Å². The molecule has 0 spiro atoms. The summed E-state index contributed by atoms with van der Waals surface area (Å²) in [5, 5.41) is 0. The molecule has 1 saturated carbocycles. The molecule has 3 heteroatoms. The van der Waals surface area contributed by atoms with E-state index >= 15 is 0 Å². The fraction of sp³-hybridized carbons (Fsp3) is 0.941. The molecular formula is C17H30N2O. The molecule has 3 rings (SSSR count). The highest BCUT2D eigenvalue weighted by atomic mass is 16.1. The van der Waals surface area contributed by atoms with E-state index in [4.69, 9.17) is 0 Å². The minimum Gasteiger partial charge on any atom is -0.301 e. The summed E-state index contributed by atoms with van der Waals surface area (Å²) in [5.41, 5.74) is -0.0788. The van der Waals surface area contributed by atoms with Crippen LogP contribution in [0.3, 0.4) is 0 Å². The summed E-state index contributed by atoms with van der Waals surface area (Å²) in [5.74, 6) is 0.812. The lowest BCUT2D eigenvalue weighted by atomic mass is 9.71. The van der Waals surface area contributed by atoms with Gasteiger partial charge < -0.3 is 4.90 Å². The van der Waals surface area contributed by atoms with Crippen LogP contribution in [-0.2, 0) is 4.79 Å². The van der Waals surface area contributed by atoms with Crippen LogP contribution < -0.4 is 0 Å². The second-order valence-corrected chi connectivity index (χ2v) is 7.94. The topological polar surface area (TPSA) is 23.6 Å². The Balaban J connectivity index is 1.62. The number of rotatable bonds is 2. The van der Waals surface area contributed by atoms with Crippen LogP contribution in [0.15, 0.2) is 0 Å². The van der Waals surface area contributed by atoms with Crippen LogP contribution in [0, 0.1) is 11.3 Å².